The van der Waals surface area contributed by atoms with Crippen molar-refractivity contribution in [1.82, 2.24) is 9.78 Å². The maximum absolute atomic E-state index is 13.3. The fourth-order valence-corrected chi connectivity index (χ4v) is 3.81. The lowest BCUT2D eigenvalue weighted by Gasteiger charge is -2.11. The van der Waals surface area contributed by atoms with Crippen LogP contribution in [0.15, 0.2) is 84.9 Å². The molecular formula is C22H15F4N3O3S. The van der Waals surface area contributed by atoms with Crippen LogP contribution in [-0.4, -0.2) is 18.2 Å². The second-order valence-corrected chi connectivity index (χ2v) is 8.11. The monoisotopic (exact) mass is 477 g/mol. The van der Waals surface area contributed by atoms with Gasteiger partial charge in [-0.1, -0.05) is 30.3 Å². The molecule has 0 aliphatic heterocycles. The average molecular weight is 477 g/mol. The highest BCUT2D eigenvalue weighted by atomic mass is 32.2. The zero-order valence-corrected chi connectivity index (χ0v) is 17.4. The van der Waals surface area contributed by atoms with Crippen LogP contribution in [0, 0.1) is 5.82 Å². The van der Waals surface area contributed by atoms with E-state index >= 15 is 0 Å². The third kappa shape index (κ3) is 5.32. The number of aromatic nitrogens is 2. The Balaban J connectivity index is 1.60. The standard InChI is InChI=1S/C22H15F4N3O3S/c23-16-8-12-19(13-9-16)32-33(30,31)28-17-10-6-15(7-11-17)20-14-21(22(24,25)26)27-29(20)18-4-2-1-3-5-18/h1-14,28H. The van der Waals surface area contributed by atoms with Gasteiger partial charge in [-0.3, -0.25) is 4.72 Å². The van der Waals surface area contributed by atoms with Crippen LogP contribution in [0.4, 0.5) is 23.2 Å². The highest BCUT2D eigenvalue weighted by Crippen LogP contribution is 2.33. The van der Waals surface area contributed by atoms with Gasteiger partial charge >= 0.3 is 16.5 Å². The number of rotatable bonds is 6. The van der Waals surface area contributed by atoms with Crippen LogP contribution in [0.2, 0.25) is 0 Å². The van der Waals surface area contributed by atoms with E-state index in [2.05, 4.69) is 9.82 Å². The van der Waals surface area contributed by atoms with Crippen LogP contribution in [0.1, 0.15) is 5.69 Å². The van der Waals surface area contributed by atoms with Crippen molar-refractivity contribution >= 4 is 16.0 Å². The zero-order valence-electron chi connectivity index (χ0n) is 16.6. The summed E-state index contributed by atoms with van der Waals surface area (Å²) in [6.45, 7) is 0. The number of alkyl halides is 3. The molecule has 11 heteroatoms. The van der Waals surface area contributed by atoms with Gasteiger partial charge in [0.15, 0.2) is 5.69 Å². The van der Waals surface area contributed by atoms with Gasteiger partial charge in [-0.2, -0.15) is 26.7 Å². The Morgan fingerprint density at radius 3 is 2.12 bits per heavy atom. The highest BCUT2D eigenvalue weighted by Gasteiger charge is 2.35. The summed E-state index contributed by atoms with van der Waals surface area (Å²) in [6.07, 6.45) is -4.64. The summed E-state index contributed by atoms with van der Waals surface area (Å²) in [5, 5.41) is 3.70. The van der Waals surface area contributed by atoms with Gasteiger partial charge < -0.3 is 4.18 Å². The lowest BCUT2D eigenvalue weighted by Crippen LogP contribution is -2.19. The quantitative estimate of drug-likeness (QED) is 0.376. The summed E-state index contributed by atoms with van der Waals surface area (Å²) >= 11 is 0. The SMILES string of the molecule is O=S(=O)(Nc1ccc(-c2cc(C(F)(F)F)nn2-c2ccccc2)cc1)Oc1ccc(F)cc1. The van der Waals surface area contributed by atoms with Gasteiger partial charge in [0.2, 0.25) is 0 Å². The Kier molecular flexibility index (Phi) is 5.81. The van der Waals surface area contributed by atoms with E-state index in [9.17, 15) is 26.0 Å². The van der Waals surface area contributed by atoms with Gasteiger partial charge in [0, 0.05) is 5.56 Å². The van der Waals surface area contributed by atoms with Crippen molar-refractivity contribution in [3.05, 3.63) is 96.4 Å². The summed E-state index contributed by atoms with van der Waals surface area (Å²) in [5.74, 6) is -0.640. The number of nitrogens with zero attached hydrogens (tertiary/aromatic N) is 2. The lowest BCUT2D eigenvalue weighted by molar-refractivity contribution is -0.141. The number of anilines is 1. The fourth-order valence-electron chi connectivity index (χ4n) is 2.98. The molecule has 170 valence electrons. The number of nitrogens with one attached hydrogen (secondary N) is 1. The van der Waals surface area contributed by atoms with Gasteiger partial charge in [0.25, 0.3) is 0 Å². The molecule has 33 heavy (non-hydrogen) atoms. The average Bonchev–Trinajstić information content (AvgIpc) is 3.22. The summed E-state index contributed by atoms with van der Waals surface area (Å²) in [4.78, 5) is 0. The van der Waals surface area contributed by atoms with Gasteiger partial charge in [0.05, 0.1) is 17.1 Å². The molecule has 0 atom stereocenters. The first-order valence-electron chi connectivity index (χ1n) is 9.42. The molecule has 0 radical (unpaired) electrons. The number of halogens is 4. The Labute approximate surface area is 186 Å². The minimum absolute atomic E-state index is 0.0908. The molecule has 1 heterocycles. The summed E-state index contributed by atoms with van der Waals surface area (Å²) < 4.78 is 85.4. The number of para-hydroxylation sites is 1. The number of benzene rings is 3. The molecule has 3 aromatic carbocycles. The first-order valence-corrected chi connectivity index (χ1v) is 10.8. The number of hydrogen-bond donors (Lipinski definition) is 1. The van der Waals surface area contributed by atoms with E-state index in [1.807, 2.05) is 0 Å². The first-order chi connectivity index (χ1) is 15.6. The van der Waals surface area contributed by atoms with E-state index in [4.69, 9.17) is 4.18 Å². The van der Waals surface area contributed by atoms with Crippen molar-refractivity contribution in [2.45, 2.75) is 6.18 Å². The molecule has 0 aliphatic rings. The van der Waals surface area contributed by atoms with Crippen molar-refractivity contribution < 1.29 is 30.2 Å². The van der Waals surface area contributed by atoms with E-state index in [1.54, 1.807) is 30.3 Å². The van der Waals surface area contributed by atoms with Crippen LogP contribution in [0.3, 0.4) is 0 Å². The molecule has 0 unspecified atom stereocenters. The Morgan fingerprint density at radius 1 is 0.879 bits per heavy atom. The van der Waals surface area contributed by atoms with Crippen molar-refractivity contribution in [3.8, 4) is 22.7 Å². The van der Waals surface area contributed by atoms with E-state index in [0.717, 1.165) is 30.3 Å². The minimum atomic E-state index is -4.64. The molecule has 0 spiro atoms. The molecule has 0 fully saturated rings. The summed E-state index contributed by atoms with van der Waals surface area (Å²) in [7, 11) is -4.28. The van der Waals surface area contributed by atoms with Crippen molar-refractivity contribution in [2.75, 3.05) is 4.72 Å². The molecule has 0 saturated carbocycles. The largest absolute Gasteiger partial charge is 0.435 e. The maximum Gasteiger partial charge on any atom is 0.435 e. The third-order valence-corrected chi connectivity index (χ3v) is 5.34. The zero-order chi connectivity index (χ0) is 23.6. The maximum atomic E-state index is 13.3. The molecular weight excluding hydrogens is 462 g/mol. The van der Waals surface area contributed by atoms with Gasteiger partial charge in [-0.15, -0.1) is 0 Å². The van der Waals surface area contributed by atoms with Crippen LogP contribution in [0.5, 0.6) is 5.75 Å². The van der Waals surface area contributed by atoms with E-state index in [-0.39, 0.29) is 17.1 Å². The predicted molar refractivity (Wildman–Crippen MR) is 114 cm³/mol. The molecule has 0 amide bonds. The molecule has 0 aliphatic carbocycles. The van der Waals surface area contributed by atoms with Crippen molar-refractivity contribution in [2.24, 2.45) is 0 Å². The Morgan fingerprint density at radius 2 is 1.52 bits per heavy atom. The predicted octanol–water partition coefficient (Wildman–Crippen LogP) is 5.43. The summed E-state index contributed by atoms with van der Waals surface area (Å²) in [5.41, 5.74) is 0.0386. The summed E-state index contributed by atoms with van der Waals surface area (Å²) in [6, 6.07) is 19.3. The number of hydrogen-bond acceptors (Lipinski definition) is 4. The van der Waals surface area contributed by atoms with Gasteiger partial charge in [0.1, 0.15) is 11.6 Å². The molecule has 1 aromatic heterocycles. The Bertz CT molecular complexity index is 1350. The van der Waals surface area contributed by atoms with E-state index in [1.165, 1.54) is 28.9 Å². The topological polar surface area (TPSA) is 73.2 Å². The van der Waals surface area contributed by atoms with Gasteiger partial charge in [-0.05, 0) is 54.6 Å². The van der Waals surface area contributed by atoms with Crippen molar-refractivity contribution in [1.29, 1.82) is 0 Å². The van der Waals surface area contributed by atoms with Crippen LogP contribution in [0.25, 0.3) is 16.9 Å². The highest BCUT2D eigenvalue weighted by molar-refractivity contribution is 7.88. The Hall–Kier alpha value is -3.86. The molecule has 4 aromatic rings. The third-order valence-electron chi connectivity index (χ3n) is 4.44. The fraction of sp³-hybridized carbons (Fsp3) is 0.0455. The molecule has 6 nitrogen and oxygen atoms in total. The molecule has 4 rings (SSSR count). The normalized spacial score (nSPS) is 11.9. The molecule has 0 bridgehead atoms. The van der Waals surface area contributed by atoms with Gasteiger partial charge in [-0.25, -0.2) is 9.07 Å². The minimum Gasteiger partial charge on any atom is -0.367 e. The van der Waals surface area contributed by atoms with Crippen LogP contribution < -0.4 is 8.91 Å². The van der Waals surface area contributed by atoms with E-state index < -0.39 is 28.0 Å². The van der Waals surface area contributed by atoms with E-state index in [0.29, 0.717) is 11.3 Å². The second kappa shape index (κ2) is 8.58. The molecule has 1 N–H and O–H groups in total. The van der Waals surface area contributed by atoms with Crippen LogP contribution >= 0.6 is 0 Å². The second-order valence-electron chi connectivity index (χ2n) is 6.83. The lowest BCUT2D eigenvalue weighted by atomic mass is 10.1. The smallest absolute Gasteiger partial charge is 0.367 e. The van der Waals surface area contributed by atoms with Crippen LogP contribution in [-0.2, 0) is 16.5 Å². The first kappa shape index (κ1) is 22.3. The van der Waals surface area contributed by atoms with Crippen molar-refractivity contribution in [3.63, 3.8) is 0 Å². The molecule has 0 saturated heterocycles.